The Kier molecular flexibility index (Phi) is 4.74. The summed E-state index contributed by atoms with van der Waals surface area (Å²) in [5.41, 5.74) is 3.22. The predicted molar refractivity (Wildman–Crippen MR) is 95.2 cm³/mol. The number of ether oxygens (including phenoxy) is 2. The minimum atomic E-state index is -0.389. The first-order valence-corrected chi connectivity index (χ1v) is 8.11. The van der Waals surface area contributed by atoms with Crippen LogP contribution in [0.15, 0.2) is 36.5 Å². The second kappa shape index (κ2) is 6.97. The van der Waals surface area contributed by atoms with Crippen LogP contribution in [0.1, 0.15) is 28.4 Å². The second-order valence-electron chi connectivity index (χ2n) is 5.78. The predicted octanol–water partition coefficient (Wildman–Crippen LogP) is 4.31. The van der Waals surface area contributed by atoms with Gasteiger partial charge in [-0.15, -0.1) is 0 Å². The van der Waals surface area contributed by atoms with Gasteiger partial charge in [0.2, 0.25) is 0 Å². The van der Waals surface area contributed by atoms with Crippen LogP contribution in [0.4, 0.5) is 4.39 Å². The van der Waals surface area contributed by atoms with Gasteiger partial charge >= 0.3 is 0 Å². The summed E-state index contributed by atoms with van der Waals surface area (Å²) in [6, 6.07) is 7.98. The zero-order valence-corrected chi connectivity index (χ0v) is 14.5. The highest BCUT2D eigenvalue weighted by Gasteiger charge is 2.18. The summed E-state index contributed by atoms with van der Waals surface area (Å²) in [5.74, 6) is 0.739. The quantitative estimate of drug-likeness (QED) is 0.680. The van der Waals surface area contributed by atoms with Gasteiger partial charge in [0.1, 0.15) is 17.3 Å². The van der Waals surface area contributed by atoms with E-state index < -0.39 is 0 Å². The largest absolute Gasteiger partial charge is 0.496 e. The topological polar surface area (TPSA) is 51.3 Å². The van der Waals surface area contributed by atoms with E-state index in [0.717, 1.165) is 28.6 Å². The van der Waals surface area contributed by atoms with Crippen molar-refractivity contribution in [1.82, 2.24) is 4.98 Å². The van der Waals surface area contributed by atoms with E-state index in [9.17, 15) is 9.18 Å². The molecule has 0 aliphatic rings. The number of hydrogen-bond acceptors (Lipinski definition) is 3. The Morgan fingerprint density at radius 2 is 1.88 bits per heavy atom. The van der Waals surface area contributed by atoms with Crippen molar-refractivity contribution in [3.63, 3.8) is 0 Å². The molecular formula is C20H20FNO3. The molecule has 3 aromatic rings. The number of Topliss-reactive ketones (excluding diaryl/α,β-unsaturated/α-hetero) is 1. The Bertz CT molecular complexity index is 930. The first-order chi connectivity index (χ1) is 12.1. The third-order valence-electron chi connectivity index (χ3n) is 4.39. The number of fused-ring (bicyclic) bond motifs is 1. The van der Waals surface area contributed by atoms with Gasteiger partial charge in [0.25, 0.3) is 0 Å². The lowest BCUT2D eigenvalue weighted by Gasteiger charge is -2.09. The molecule has 0 saturated carbocycles. The molecular weight excluding hydrogens is 321 g/mol. The molecule has 0 radical (unpaired) electrons. The van der Waals surface area contributed by atoms with E-state index in [4.69, 9.17) is 9.47 Å². The summed E-state index contributed by atoms with van der Waals surface area (Å²) in [4.78, 5) is 16.0. The molecule has 0 amide bonds. The van der Waals surface area contributed by atoms with Gasteiger partial charge in [-0.1, -0.05) is 13.0 Å². The van der Waals surface area contributed by atoms with Crippen LogP contribution in [0.2, 0.25) is 0 Å². The Balaban J connectivity index is 1.98. The van der Waals surface area contributed by atoms with Crippen molar-refractivity contribution in [1.29, 1.82) is 0 Å². The number of methoxy groups -OCH3 is 2. The zero-order valence-electron chi connectivity index (χ0n) is 14.5. The maximum atomic E-state index is 13.3. The minimum Gasteiger partial charge on any atom is -0.496 e. The lowest BCUT2D eigenvalue weighted by Crippen LogP contribution is -2.05. The number of H-pyrrole nitrogens is 1. The Morgan fingerprint density at radius 3 is 2.56 bits per heavy atom. The van der Waals surface area contributed by atoms with Crippen molar-refractivity contribution in [2.75, 3.05) is 14.2 Å². The monoisotopic (exact) mass is 341 g/mol. The normalized spacial score (nSPS) is 10.9. The molecule has 0 aliphatic heterocycles. The number of ketones is 1. The molecule has 3 rings (SSSR count). The van der Waals surface area contributed by atoms with Gasteiger partial charge in [-0.2, -0.15) is 0 Å². The summed E-state index contributed by atoms with van der Waals surface area (Å²) in [6.07, 6.45) is 2.66. The third-order valence-corrected chi connectivity index (χ3v) is 4.39. The Labute approximate surface area is 145 Å². The maximum Gasteiger partial charge on any atom is 0.169 e. The standard InChI is InChI=1S/C20H20FNO3/c1-4-14-18(24-2)8-7-15-16(11-22-20(14)15)17(23)9-12-5-6-13(21)10-19(12)25-3/h5-8,10-11,22H,4,9H2,1-3H3. The van der Waals surface area contributed by atoms with Crippen molar-refractivity contribution in [3.8, 4) is 11.5 Å². The highest BCUT2D eigenvalue weighted by Crippen LogP contribution is 2.31. The van der Waals surface area contributed by atoms with Gasteiger partial charge in [0, 0.05) is 40.8 Å². The number of carbonyl (C=O) groups excluding carboxylic acids is 1. The third kappa shape index (κ3) is 3.09. The van der Waals surface area contributed by atoms with E-state index in [1.165, 1.54) is 19.2 Å². The van der Waals surface area contributed by atoms with E-state index in [-0.39, 0.29) is 18.0 Å². The van der Waals surface area contributed by atoms with E-state index in [0.29, 0.717) is 16.9 Å². The number of aromatic amines is 1. The maximum absolute atomic E-state index is 13.3. The number of halogens is 1. The molecule has 0 atom stereocenters. The summed E-state index contributed by atoms with van der Waals surface area (Å²) >= 11 is 0. The summed E-state index contributed by atoms with van der Waals surface area (Å²) < 4.78 is 23.9. The first-order valence-electron chi connectivity index (χ1n) is 8.11. The Morgan fingerprint density at radius 1 is 1.12 bits per heavy atom. The summed E-state index contributed by atoms with van der Waals surface area (Å²) in [6.45, 7) is 2.04. The number of rotatable bonds is 6. The van der Waals surface area contributed by atoms with Crippen molar-refractivity contribution in [3.05, 3.63) is 59.0 Å². The van der Waals surface area contributed by atoms with Gasteiger partial charge in [0.05, 0.1) is 19.7 Å². The van der Waals surface area contributed by atoms with Crippen LogP contribution in [0.25, 0.3) is 10.9 Å². The Hall–Kier alpha value is -2.82. The fraction of sp³-hybridized carbons (Fsp3) is 0.250. The highest BCUT2D eigenvalue weighted by molar-refractivity contribution is 6.09. The summed E-state index contributed by atoms with van der Waals surface area (Å²) in [5, 5.41) is 0.865. The average molecular weight is 341 g/mol. The van der Waals surface area contributed by atoms with Crippen molar-refractivity contribution >= 4 is 16.7 Å². The molecule has 0 aliphatic carbocycles. The molecule has 1 aromatic heterocycles. The molecule has 130 valence electrons. The van der Waals surface area contributed by atoms with E-state index in [1.54, 1.807) is 19.4 Å². The highest BCUT2D eigenvalue weighted by atomic mass is 19.1. The van der Waals surface area contributed by atoms with Crippen LogP contribution in [0, 0.1) is 5.82 Å². The number of nitrogens with one attached hydrogen (secondary N) is 1. The van der Waals surface area contributed by atoms with Crippen LogP contribution in [-0.2, 0) is 12.8 Å². The fourth-order valence-electron chi connectivity index (χ4n) is 3.15. The SMILES string of the molecule is CCc1c(OC)ccc2c(C(=O)Cc3ccc(F)cc3OC)c[nH]c12. The van der Waals surface area contributed by atoms with Crippen molar-refractivity contribution in [2.24, 2.45) is 0 Å². The number of benzene rings is 2. The van der Waals surface area contributed by atoms with Gasteiger partial charge in [-0.3, -0.25) is 4.79 Å². The van der Waals surface area contributed by atoms with E-state index >= 15 is 0 Å². The molecule has 1 N–H and O–H groups in total. The molecule has 5 heteroatoms. The molecule has 1 heterocycles. The first kappa shape index (κ1) is 17.0. The summed E-state index contributed by atoms with van der Waals surface area (Å²) in [7, 11) is 3.10. The van der Waals surface area contributed by atoms with Gasteiger partial charge in [0.15, 0.2) is 5.78 Å². The second-order valence-corrected chi connectivity index (χ2v) is 5.78. The average Bonchev–Trinajstić information content (AvgIpc) is 3.06. The van der Waals surface area contributed by atoms with Crippen molar-refractivity contribution < 1.29 is 18.7 Å². The lowest BCUT2D eigenvalue weighted by molar-refractivity contribution is 0.0993. The fourth-order valence-corrected chi connectivity index (χ4v) is 3.15. The molecule has 2 aromatic carbocycles. The van der Waals surface area contributed by atoms with Gasteiger partial charge in [-0.05, 0) is 24.6 Å². The number of carbonyl (C=O) groups is 1. The molecule has 0 bridgehead atoms. The van der Waals surface area contributed by atoms with Crippen LogP contribution >= 0.6 is 0 Å². The van der Waals surface area contributed by atoms with Crippen LogP contribution in [-0.4, -0.2) is 25.0 Å². The van der Waals surface area contributed by atoms with E-state index in [1.807, 2.05) is 19.1 Å². The zero-order chi connectivity index (χ0) is 18.0. The van der Waals surface area contributed by atoms with Crippen molar-refractivity contribution in [2.45, 2.75) is 19.8 Å². The van der Waals surface area contributed by atoms with E-state index in [2.05, 4.69) is 4.98 Å². The molecule has 0 saturated heterocycles. The van der Waals surface area contributed by atoms with Crippen LogP contribution < -0.4 is 9.47 Å². The minimum absolute atomic E-state index is 0.0524. The lowest BCUT2D eigenvalue weighted by atomic mass is 9.99. The molecule has 0 unspecified atom stereocenters. The molecule has 0 fully saturated rings. The molecule has 4 nitrogen and oxygen atoms in total. The number of hydrogen-bond donors (Lipinski definition) is 1. The number of aromatic nitrogens is 1. The van der Waals surface area contributed by atoms with Crippen LogP contribution in [0.3, 0.4) is 0 Å². The van der Waals surface area contributed by atoms with Crippen LogP contribution in [0.5, 0.6) is 11.5 Å². The van der Waals surface area contributed by atoms with Gasteiger partial charge < -0.3 is 14.5 Å². The van der Waals surface area contributed by atoms with Gasteiger partial charge in [-0.25, -0.2) is 4.39 Å². The molecule has 25 heavy (non-hydrogen) atoms. The molecule has 0 spiro atoms. The smallest absolute Gasteiger partial charge is 0.169 e. The number of aryl methyl sites for hydroxylation is 1.